The fourth-order valence-corrected chi connectivity index (χ4v) is 1.99. The second kappa shape index (κ2) is 5.15. The van der Waals surface area contributed by atoms with Crippen molar-refractivity contribution < 1.29 is 22.4 Å². The predicted molar refractivity (Wildman–Crippen MR) is 66.3 cm³/mol. The molecule has 0 aliphatic carbocycles. The third-order valence-corrected chi connectivity index (χ3v) is 2.92. The molecule has 1 amide bonds. The summed E-state index contributed by atoms with van der Waals surface area (Å²) in [4.78, 5) is 15.4. The number of nitrogens with two attached hydrogens (primary N) is 1. The number of halogens is 3. The highest BCUT2D eigenvalue weighted by molar-refractivity contribution is 6.05. The Morgan fingerprint density at radius 2 is 2.10 bits per heavy atom. The molecule has 0 spiro atoms. The van der Waals surface area contributed by atoms with Crippen molar-refractivity contribution >= 4 is 17.0 Å². The fourth-order valence-electron chi connectivity index (χ4n) is 1.99. The molecule has 0 saturated heterocycles. The van der Waals surface area contributed by atoms with E-state index < -0.39 is 18.5 Å². The Bertz CT molecular complexity index is 647. The molecule has 0 saturated carbocycles. The van der Waals surface area contributed by atoms with Crippen molar-refractivity contribution in [3.05, 3.63) is 29.2 Å². The first-order valence-corrected chi connectivity index (χ1v) is 6.09. The van der Waals surface area contributed by atoms with Crippen molar-refractivity contribution in [2.75, 3.05) is 0 Å². The van der Waals surface area contributed by atoms with Gasteiger partial charge in [0.2, 0.25) is 5.71 Å². The van der Waals surface area contributed by atoms with Gasteiger partial charge in [0, 0.05) is 18.5 Å². The second-order valence-corrected chi connectivity index (χ2v) is 4.39. The van der Waals surface area contributed by atoms with Crippen LogP contribution in [0.3, 0.4) is 0 Å². The lowest BCUT2D eigenvalue weighted by Gasteiger charge is -2.05. The zero-order valence-electron chi connectivity index (χ0n) is 10.8. The molecule has 2 aromatic heterocycles. The lowest BCUT2D eigenvalue weighted by molar-refractivity contribution is -0.134. The normalized spacial score (nSPS) is 12.0. The van der Waals surface area contributed by atoms with Crippen molar-refractivity contribution in [3.63, 3.8) is 0 Å². The number of alkyl halides is 3. The van der Waals surface area contributed by atoms with Crippen LogP contribution in [0.4, 0.5) is 13.2 Å². The molecule has 108 valence electrons. The zero-order chi connectivity index (χ0) is 14.9. The minimum absolute atomic E-state index is 0.148. The average molecular weight is 286 g/mol. The first-order chi connectivity index (χ1) is 9.31. The molecule has 0 aliphatic heterocycles. The van der Waals surface area contributed by atoms with Crippen LogP contribution in [0.2, 0.25) is 0 Å². The third kappa shape index (κ3) is 2.92. The van der Waals surface area contributed by atoms with E-state index in [0.29, 0.717) is 17.6 Å². The van der Waals surface area contributed by atoms with Crippen LogP contribution in [0.1, 0.15) is 35.2 Å². The summed E-state index contributed by atoms with van der Waals surface area (Å²) in [6.07, 6.45) is -4.96. The molecule has 0 bridgehead atoms. The second-order valence-electron chi connectivity index (χ2n) is 4.39. The fraction of sp³-hybridized carbons (Fsp3) is 0.385. The molecule has 0 radical (unpaired) electrons. The topological polar surface area (TPSA) is 69.1 Å². The molecule has 0 fully saturated rings. The van der Waals surface area contributed by atoms with Crippen LogP contribution >= 0.6 is 0 Å². The molecule has 4 nitrogen and oxygen atoms in total. The molecule has 0 aromatic carbocycles. The molecule has 0 unspecified atom stereocenters. The van der Waals surface area contributed by atoms with Crippen molar-refractivity contribution in [3.8, 4) is 0 Å². The van der Waals surface area contributed by atoms with Gasteiger partial charge in [-0.2, -0.15) is 13.2 Å². The van der Waals surface area contributed by atoms with Gasteiger partial charge in [-0.3, -0.25) is 4.79 Å². The number of amides is 1. The smallest absolute Gasteiger partial charge is 0.389 e. The molecule has 2 heterocycles. The molecule has 2 rings (SSSR count). The van der Waals surface area contributed by atoms with E-state index in [0.717, 1.165) is 0 Å². The lowest BCUT2D eigenvalue weighted by Crippen LogP contribution is -2.12. The van der Waals surface area contributed by atoms with Crippen LogP contribution in [-0.4, -0.2) is 17.1 Å². The van der Waals surface area contributed by atoms with Gasteiger partial charge >= 0.3 is 6.18 Å². The molecule has 7 heteroatoms. The summed E-state index contributed by atoms with van der Waals surface area (Å²) < 4.78 is 41.9. The van der Waals surface area contributed by atoms with E-state index in [1.807, 2.05) is 0 Å². The maximum atomic E-state index is 12.2. The predicted octanol–water partition coefficient (Wildman–Crippen LogP) is 2.98. The van der Waals surface area contributed by atoms with E-state index in [1.54, 1.807) is 6.92 Å². The molecule has 0 atom stereocenters. The quantitative estimate of drug-likeness (QED) is 0.939. The monoisotopic (exact) mass is 286 g/mol. The van der Waals surface area contributed by atoms with Crippen LogP contribution in [0.25, 0.3) is 11.1 Å². The summed E-state index contributed by atoms with van der Waals surface area (Å²) in [7, 11) is 0. The number of aromatic nitrogens is 1. The summed E-state index contributed by atoms with van der Waals surface area (Å²) in [6, 6.07) is 2.98. The Morgan fingerprint density at radius 3 is 2.65 bits per heavy atom. The average Bonchev–Trinajstić information content (AvgIpc) is 2.73. The standard InChI is InChI=1S/C13H13F3N2O2/c1-2-9-10(11(17)19)8-4-3-7(18-12(8)20-9)5-6-13(14,15)16/h3-4H,2,5-6H2,1H3,(H2,17,19). The van der Waals surface area contributed by atoms with Gasteiger partial charge in [-0.25, -0.2) is 4.98 Å². The molecular weight excluding hydrogens is 273 g/mol. The largest absolute Gasteiger partial charge is 0.442 e. The number of hydrogen-bond donors (Lipinski definition) is 1. The van der Waals surface area contributed by atoms with Gasteiger partial charge in [-0.15, -0.1) is 0 Å². The van der Waals surface area contributed by atoms with E-state index in [4.69, 9.17) is 10.2 Å². The number of carbonyl (C=O) groups excluding carboxylic acids is 1. The number of pyridine rings is 1. The van der Waals surface area contributed by atoms with Gasteiger partial charge in [0.1, 0.15) is 5.76 Å². The van der Waals surface area contributed by atoms with Crippen LogP contribution in [0, 0.1) is 0 Å². The minimum atomic E-state index is -4.23. The molecule has 20 heavy (non-hydrogen) atoms. The highest BCUT2D eigenvalue weighted by Gasteiger charge is 2.27. The summed E-state index contributed by atoms with van der Waals surface area (Å²) in [6.45, 7) is 1.79. The molecule has 2 aromatic rings. The van der Waals surface area contributed by atoms with Gasteiger partial charge in [0.25, 0.3) is 5.91 Å². The number of carbonyl (C=O) groups is 1. The van der Waals surface area contributed by atoms with Crippen molar-refractivity contribution in [2.45, 2.75) is 32.4 Å². The SMILES string of the molecule is CCc1oc2nc(CCC(F)(F)F)ccc2c1C(N)=O. The Kier molecular flexibility index (Phi) is 3.69. The van der Waals surface area contributed by atoms with Crippen LogP contribution in [0.15, 0.2) is 16.5 Å². The lowest BCUT2D eigenvalue weighted by atomic mass is 10.1. The van der Waals surface area contributed by atoms with Crippen molar-refractivity contribution in [2.24, 2.45) is 5.73 Å². The molecule has 0 aliphatic rings. The van der Waals surface area contributed by atoms with Crippen LogP contribution < -0.4 is 5.73 Å². The first kappa shape index (κ1) is 14.4. The first-order valence-electron chi connectivity index (χ1n) is 6.09. The van der Waals surface area contributed by atoms with Gasteiger partial charge < -0.3 is 10.2 Å². The highest BCUT2D eigenvalue weighted by atomic mass is 19.4. The van der Waals surface area contributed by atoms with Crippen LogP contribution in [0.5, 0.6) is 0 Å². The zero-order valence-corrected chi connectivity index (χ0v) is 10.8. The summed E-state index contributed by atoms with van der Waals surface area (Å²) in [5.74, 6) is -0.238. The van der Waals surface area contributed by atoms with E-state index in [-0.39, 0.29) is 23.4 Å². The van der Waals surface area contributed by atoms with E-state index in [2.05, 4.69) is 4.98 Å². The summed E-state index contributed by atoms with van der Waals surface area (Å²) in [5, 5.41) is 0.435. The van der Waals surface area contributed by atoms with Gasteiger partial charge in [0.05, 0.1) is 10.9 Å². The maximum absolute atomic E-state index is 12.2. The Labute approximate surface area is 112 Å². The van der Waals surface area contributed by atoms with Crippen molar-refractivity contribution in [1.82, 2.24) is 4.98 Å². The number of nitrogens with zero attached hydrogens (tertiary/aromatic N) is 1. The molecule has 2 N–H and O–H groups in total. The van der Waals surface area contributed by atoms with E-state index in [9.17, 15) is 18.0 Å². The molecular formula is C13H13F3N2O2. The Balaban J connectivity index is 2.38. The number of rotatable bonds is 4. The summed E-state index contributed by atoms with van der Waals surface area (Å²) in [5.41, 5.74) is 5.94. The van der Waals surface area contributed by atoms with Gasteiger partial charge in [0.15, 0.2) is 0 Å². The Morgan fingerprint density at radius 1 is 1.40 bits per heavy atom. The van der Waals surface area contributed by atoms with Gasteiger partial charge in [-0.05, 0) is 18.6 Å². The highest BCUT2D eigenvalue weighted by Crippen LogP contribution is 2.26. The maximum Gasteiger partial charge on any atom is 0.389 e. The number of hydrogen-bond acceptors (Lipinski definition) is 3. The van der Waals surface area contributed by atoms with Crippen molar-refractivity contribution in [1.29, 1.82) is 0 Å². The number of furan rings is 1. The number of fused-ring (bicyclic) bond motifs is 1. The summed E-state index contributed by atoms with van der Waals surface area (Å²) >= 11 is 0. The third-order valence-electron chi connectivity index (χ3n) is 2.92. The minimum Gasteiger partial charge on any atom is -0.442 e. The van der Waals surface area contributed by atoms with E-state index in [1.165, 1.54) is 12.1 Å². The van der Waals surface area contributed by atoms with Gasteiger partial charge in [-0.1, -0.05) is 6.92 Å². The Hall–Kier alpha value is -2.05. The van der Waals surface area contributed by atoms with Crippen LogP contribution in [-0.2, 0) is 12.8 Å². The van der Waals surface area contributed by atoms with E-state index >= 15 is 0 Å². The number of primary amides is 1. The number of aryl methyl sites for hydroxylation is 2.